The van der Waals surface area contributed by atoms with Crippen LogP contribution in [0.2, 0.25) is 0 Å². The van der Waals surface area contributed by atoms with Crippen molar-refractivity contribution >= 4 is 17.7 Å². The molecule has 1 amide bonds. The van der Waals surface area contributed by atoms with Gasteiger partial charge in [0.05, 0.1) is 5.37 Å². The van der Waals surface area contributed by atoms with E-state index in [2.05, 4.69) is 10.3 Å². The fourth-order valence-corrected chi connectivity index (χ4v) is 2.87. The van der Waals surface area contributed by atoms with Gasteiger partial charge in [0.1, 0.15) is 0 Å². The molecule has 0 radical (unpaired) electrons. The molecule has 2 atom stereocenters. The van der Waals surface area contributed by atoms with E-state index < -0.39 is 0 Å². The van der Waals surface area contributed by atoms with Gasteiger partial charge in [0.15, 0.2) is 0 Å². The van der Waals surface area contributed by atoms with Gasteiger partial charge in [-0.25, -0.2) is 0 Å². The number of nitrogens with two attached hydrogens (primary N) is 1. The summed E-state index contributed by atoms with van der Waals surface area (Å²) in [5.41, 5.74) is 6.30. The van der Waals surface area contributed by atoms with Crippen LogP contribution in [0, 0.1) is 0 Å². The lowest BCUT2D eigenvalue weighted by Crippen LogP contribution is -2.30. The van der Waals surface area contributed by atoms with Crippen LogP contribution in [0.1, 0.15) is 17.4 Å². The van der Waals surface area contributed by atoms with Crippen molar-refractivity contribution in [2.75, 3.05) is 5.75 Å². The molecule has 2 heterocycles. The van der Waals surface area contributed by atoms with E-state index in [1.165, 1.54) is 0 Å². The summed E-state index contributed by atoms with van der Waals surface area (Å²) < 4.78 is 0. The molecular weight excluding hydrogens is 210 g/mol. The lowest BCUT2D eigenvalue weighted by atomic mass is 10.2. The average molecular weight is 223 g/mol. The Morgan fingerprint density at radius 2 is 2.60 bits per heavy atom. The highest BCUT2D eigenvalue weighted by Crippen LogP contribution is 2.32. The van der Waals surface area contributed by atoms with Crippen LogP contribution in [0.4, 0.5) is 0 Å². The molecule has 1 aromatic heterocycles. The highest BCUT2D eigenvalue weighted by molar-refractivity contribution is 7.99. The number of nitrogens with zero attached hydrogens (tertiary/aromatic N) is 1. The van der Waals surface area contributed by atoms with Crippen LogP contribution in [0.3, 0.4) is 0 Å². The van der Waals surface area contributed by atoms with E-state index in [1.54, 1.807) is 18.0 Å². The minimum Gasteiger partial charge on any atom is -0.370 e. The van der Waals surface area contributed by atoms with Gasteiger partial charge in [-0.05, 0) is 11.6 Å². The topological polar surface area (TPSA) is 68.0 Å². The molecule has 0 spiro atoms. The zero-order valence-electron chi connectivity index (χ0n) is 8.22. The molecule has 4 nitrogen and oxygen atoms in total. The second-order valence-electron chi connectivity index (χ2n) is 3.53. The molecular formula is C10H13N3OS. The number of carbonyl (C=O) groups excluding carboxylic acids is 1. The van der Waals surface area contributed by atoms with E-state index in [1.807, 2.05) is 18.3 Å². The summed E-state index contributed by atoms with van der Waals surface area (Å²) >= 11 is 1.79. The van der Waals surface area contributed by atoms with Gasteiger partial charge in [-0.3, -0.25) is 15.1 Å². The maximum absolute atomic E-state index is 10.8. The van der Waals surface area contributed by atoms with Crippen molar-refractivity contribution in [2.24, 2.45) is 5.73 Å². The van der Waals surface area contributed by atoms with Crippen LogP contribution in [0.5, 0.6) is 0 Å². The predicted octanol–water partition coefficient (Wildman–Crippen LogP) is 0.661. The minimum atomic E-state index is -0.250. The molecule has 1 aromatic rings. The first-order valence-electron chi connectivity index (χ1n) is 4.81. The fraction of sp³-hybridized carbons (Fsp3) is 0.400. The summed E-state index contributed by atoms with van der Waals surface area (Å²) in [4.78, 5) is 14.8. The first-order valence-corrected chi connectivity index (χ1v) is 5.86. The monoisotopic (exact) mass is 223 g/mol. The molecule has 1 aliphatic heterocycles. The molecule has 2 unspecified atom stereocenters. The van der Waals surface area contributed by atoms with E-state index in [4.69, 9.17) is 5.73 Å². The minimum absolute atomic E-state index is 0.192. The molecule has 1 fully saturated rings. The summed E-state index contributed by atoms with van der Waals surface area (Å²) in [5.74, 6) is 0.669. The molecule has 15 heavy (non-hydrogen) atoms. The number of aromatic nitrogens is 1. The Bertz CT molecular complexity index is 344. The molecule has 0 bridgehead atoms. The van der Waals surface area contributed by atoms with Crippen molar-refractivity contribution in [1.82, 2.24) is 10.3 Å². The molecule has 80 valence electrons. The number of nitrogens with one attached hydrogen (secondary N) is 1. The third kappa shape index (κ3) is 2.70. The first-order chi connectivity index (χ1) is 7.25. The molecule has 0 aromatic carbocycles. The lowest BCUT2D eigenvalue weighted by Gasteiger charge is -2.11. The maximum atomic E-state index is 10.8. The van der Waals surface area contributed by atoms with Gasteiger partial charge >= 0.3 is 0 Å². The third-order valence-corrected chi connectivity index (χ3v) is 3.62. The highest BCUT2D eigenvalue weighted by Gasteiger charge is 2.26. The largest absolute Gasteiger partial charge is 0.370 e. The van der Waals surface area contributed by atoms with Gasteiger partial charge in [0, 0.05) is 30.6 Å². The van der Waals surface area contributed by atoms with Crippen molar-refractivity contribution in [3.05, 3.63) is 30.1 Å². The Balaban J connectivity index is 1.96. The Labute approximate surface area is 92.6 Å². The molecule has 1 saturated heterocycles. The molecule has 5 heteroatoms. The van der Waals surface area contributed by atoms with Crippen LogP contribution >= 0.6 is 11.8 Å². The number of rotatable bonds is 3. The standard InChI is InChI=1S/C10H13N3OS/c11-9(14)4-8-6-15-10(13-8)7-2-1-3-12-5-7/h1-3,5,8,10,13H,4,6H2,(H2,11,14). The predicted molar refractivity (Wildman–Crippen MR) is 60.2 cm³/mol. The third-order valence-electron chi connectivity index (χ3n) is 2.29. The van der Waals surface area contributed by atoms with Gasteiger partial charge in [0.25, 0.3) is 0 Å². The Morgan fingerprint density at radius 3 is 3.27 bits per heavy atom. The molecule has 1 aliphatic rings. The van der Waals surface area contributed by atoms with E-state index in [9.17, 15) is 4.79 Å². The van der Waals surface area contributed by atoms with E-state index in [0.29, 0.717) is 6.42 Å². The van der Waals surface area contributed by atoms with Gasteiger partial charge in [-0.2, -0.15) is 0 Å². The summed E-state index contributed by atoms with van der Waals surface area (Å²) in [6.07, 6.45) is 4.01. The van der Waals surface area contributed by atoms with Crippen LogP contribution < -0.4 is 11.1 Å². The number of thioether (sulfide) groups is 1. The van der Waals surface area contributed by atoms with Crippen LogP contribution in [-0.4, -0.2) is 22.7 Å². The SMILES string of the molecule is NC(=O)CC1CSC(c2cccnc2)N1. The Hall–Kier alpha value is -1.07. The molecule has 2 rings (SSSR count). The summed E-state index contributed by atoms with van der Waals surface area (Å²) in [5, 5.41) is 3.60. The van der Waals surface area contributed by atoms with Crippen molar-refractivity contribution in [3.63, 3.8) is 0 Å². The number of primary amides is 1. The summed E-state index contributed by atoms with van der Waals surface area (Å²) in [6, 6.07) is 4.14. The summed E-state index contributed by atoms with van der Waals surface area (Å²) in [6.45, 7) is 0. The number of pyridine rings is 1. The van der Waals surface area contributed by atoms with E-state index in [-0.39, 0.29) is 17.3 Å². The van der Waals surface area contributed by atoms with Crippen molar-refractivity contribution in [2.45, 2.75) is 17.8 Å². The summed E-state index contributed by atoms with van der Waals surface area (Å²) in [7, 11) is 0. The highest BCUT2D eigenvalue weighted by atomic mass is 32.2. The number of amides is 1. The van der Waals surface area contributed by atoms with Crippen LogP contribution in [0.15, 0.2) is 24.5 Å². The molecule has 3 N–H and O–H groups in total. The van der Waals surface area contributed by atoms with E-state index >= 15 is 0 Å². The van der Waals surface area contributed by atoms with Gasteiger partial charge < -0.3 is 5.73 Å². The van der Waals surface area contributed by atoms with Crippen molar-refractivity contribution in [3.8, 4) is 0 Å². The van der Waals surface area contributed by atoms with E-state index in [0.717, 1.165) is 11.3 Å². The Morgan fingerprint density at radius 1 is 1.73 bits per heavy atom. The molecule has 0 aliphatic carbocycles. The zero-order chi connectivity index (χ0) is 10.7. The van der Waals surface area contributed by atoms with Gasteiger partial charge in [-0.15, -0.1) is 11.8 Å². The smallest absolute Gasteiger partial charge is 0.219 e. The first kappa shape index (κ1) is 10.4. The normalized spacial score (nSPS) is 25.3. The Kier molecular flexibility index (Phi) is 3.23. The average Bonchev–Trinajstić information content (AvgIpc) is 2.67. The number of hydrogen-bond donors (Lipinski definition) is 2. The second-order valence-corrected chi connectivity index (χ2v) is 4.67. The number of carbonyl (C=O) groups is 1. The van der Waals surface area contributed by atoms with Crippen molar-refractivity contribution < 1.29 is 4.79 Å². The zero-order valence-corrected chi connectivity index (χ0v) is 9.04. The van der Waals surface area contributed by atoms with Crippen LogP contribution in [-0.2, 0) is 4.79 Å². The van der Waals surface area contributed by atoms with Crippen LogP contribution in [0.25, 0.3) is 0 Å². The maximum Gasteiger partial charge on any atom is 0.219 e. The second kappa shape index (κ2) is 4.63. The van der Waals surface area contributed by atoms with Crippen molar-refractivity contribution in [1.29, 1.82) is 0 Å². The fourth-order valence-electron chi connectivity index (χ4n) is 1.61. The molecule has 0 saturated carbocycles. The van der Waals surface area contributed by atoms with Gasteiger partial charge in [-0.1, -0.05) is 6.07 Å². The lowest BCUT2D eigenvalue weighted by molar-refractivity contribution is -0.118. The number of hydrogen-bond acceptors (Lipinski definition) is 4. The quantitative estimate of drug-likeness (QED) is 0.790. The van der Waals surface area contributed by atoms with Gasteiger partial charge in [0.2, 0.25) is 5.91 Å².